The summed E-state index contributed by atoms with van der Waals surface area (Å²) in [6.07, 6.45) is 1.98. The van der Waals surface area contributed by atoms with Crippen LogP contribution in [-0.2, 0) is 22.4 Å². The van der Waals surface area contributed by atoms with Crippen molar-refractivity contribution in [2.45, 2.75) is 80.1 Å². The van der Waals surface area contributed by atoms with Gasteiger partial charge < -0.3 is 42.2 Å². The van der Waals surface area contributed by atoms with Crippen LogP contribution in [0.2, 0.25) is 0 Å². The molecule has 2 N–H and O–H groups in total. The monoisotopic (exact) mass is 668 g/mol. The summed E-state index contributed by atoms with van der Waals surface area (Å²) in [5.41, 5.74) is 14.9. The largest absolute Gasteiger partial charge is 3.00 e. The van der Waals surface area contributed by atoms with Crippen molar-refractivity contribution in [2.75, 3.05) is 0 Å². The Kier molecular flexibility index (Phi) is 11.2. The number of allylic oxidation sites excluding steroid dienone is 4. The van der Waals surface area contributed by atoms with Crippen LogP contribution in [0.5, 0.6) is 0 Å². The fourth-order valence-corrected chi connectivity index (χ4v) is 6.21. The van der Waals surface area contributed by atoms with Gasteiger partial charge in [0.15, 0.2) is 0 Å². The van der Waals surface area contributed by atoms with Crippen molar-refractivity contribution in [3.63, 3.8) is 0 Å². The number of carboxylic acid groups (broad SMARTS) is 2. The van der Waals surface area contributed by atoms with Crippen LogP contribution in [0.15, 0.2) is 24.3 Å². The van der Waals surface area contributed by atoms with Crippen LogP contribution < -0.4 is 22.6 Å². The first-order chi connectivity index (χ1) is 20.0. The molecule has 5 heterocycles. The zero-order valence-electron chi connectivity index (χ0n) is 26.0. The number of aliphatic carboxylic acids is 2. The van der Waals surface area contributed by atoms with E-state index >= 15 is 0 Å². The van der Waals surface area contributed by atoms with Gasteiger partial charge in [-0.25, -0.2) is 9.97 Å². The van der Waals surface area contributed by atoms with Gasteiger partial charge in [0, 0.05) is 34.0 Å². The number of aryl methyl sites for hydroxylation is 4. The molecule has 2 aliphatic rings. The number of H-pyrrole nitrogens is 2. The standard InChI is InChI=1S/C34H38N4O4.ClH.Ga/c1-7-21-17(3)25-13-26-19(5)23(9-11-33(39)40)31(37-26)16-32-24(10-12-34(41)42)20(6)28(38-32)15-30-22(8-2)18(4)27(36-30)14-29(21)35-25;;/h13-16,35,38H,7-12H2,1-6H3,(H,39,40)(H,41,42);1H;/q;;+3/p-3. The molecule has 8 bridgehead atoms. The molecular weight excluding hydrogens is 634 g/mol. The molecule has 0 aliphatic carbocycles. The van der Waals surface area contributed by atoms with Gasteiger partial charge >= 0.3 is 19.8 Å². The average Bonchev–Trinajstić information content (AvgIpc) is 3.59. The molecular formula is C34H36ClGaN4O4. The number of hydrogen-bond acceptors (Lipinski definition) is 6. The van der Waals surface area contributed by atoms with Crippen LogP contribution >= 0.6 is 0 Å². The number of carbonyl (C=O) groups is 2. The molecule has 0 saturated heterocycles. The Morgan fingerprint density at radius 1 is 0.636 bits per heavy atom. The second-order valence-electron chi connectivity index (χ2n) is 11.1. The molecule has 2 aliphatic heterocycles. The van der Waals surface area contributed by atoms with Crippen molar-refractivity contribution in [1.82, 2.24) is 19.9 Å². The van der Waals surface area contributed by atoms with Gasteiger partial charge in [-0.2, -0.15) is 0 Å². The zero-order valence-corrected chi connectivity index (χ0v) is 29.2. The number of carboxylic acids is 2. The van der Waals surface area contributed by atoms with Crippen molar-refractivity contribution in [3.8, 4) is 0 Å². The summed E-state index contributed by atoms with van der Waals surface area (Å²) in [7, 11) is 0. The Labute approximate surface area is 276 Å². The Morgan fingerprint density at radius 2 is 1.07 bits per heavy atom. The number of rotatable bonds is 8. The zero-order chi connectivity index (χ0) is 30.3. The third kappa shape index (κ3) is 6.60. The van der Waals surface area contributed by atoms with E-state index in [1.54, 1.807) is 0 Å². The summed E-state index contributed by atoms with van der Waals surface area (Å²) in [6, 6.07) is 8.09. The molecule has 8 nitrogen and oxygen atoms in total. The molecule has 0 aromatic carbocycles. The average molecular weight is 670 g/mol. The minimum absolute atomic E-state index is 0. The molecule has 0 atom stereocenters. The molecule has 0 amide bonds. The van der Waals surface area contributed by atoms with E-state index in [1.165, 1.54) is 5.56 Å². The first-order valence-electron chi connectivity index (χ1n) is 14.6. The number of nitrogens with one attached hydrogen (secondary N) is 2. The van der Waals surface area contributed by atoms with Crippen LogP contribution in [-0.4, -0.2) is 51.7 Å². The number of aromatic nitrogens is 4. The van der Waals surface area contributed by atoms with E-state index in [0.29, 0.717) is 5.69 Å². The summed E-state index contributed by atoms with van der Waals surface area (Å²) in [5.74, 6) is -2.24. The second kappa shape index (κ2) is 14.1. The summed E-state index contributed by atoms with van der Waals surface area (Å²) in [4.78, 5) is 40.0. The number of fused-ring (bicyclic) bond motifs is 8. The third-order valence-corrected chi connectivity index (χ3v) is 8.67. The van der Waals surface area contributed by atoms with Gasteiger partial charge in [0.1, 0.15) is 0 Å². The fraction of sp³-hybridized carbons (Fsp3) is 0.353. The molecule has 0 radical (unpaired) electrons. The molecule has 10 heteroatoms. The summed E-state index contributed by atoms with van der Waals surface area (Å²) < 4.78 is 0. The van der Waals surface area contributed by atoms with E-state index in [2.05, 4.69) is 43.7 Å². The molecule has 5 rings (SSSR count). The number of hydrogen-bond donors (Lipinski definition) is 2. The molecule has 0 unspecified atom stereocenters. The Bertz CT molecular complexity index is 1870. The topological polar surface area (TPSA) is 138 Å². The minimum Gasteiger partial charge on any atom is -1.00 e. The number of halogens is 1. The molecule has 0 fully saturated rings. The predicted molar refractivity (Wildman–Crippen MR) is 168 cm³/mol. The van der Waals surface area contributed by atoms with Gasteiger partial charge in [0.05, 0.1) is 22.8 Å². The normalized spacial score (nSPS) is 12.7. The van der Waals surface area contributed by atoms with Crippen LogP contribution in [0.3, 0.4) is 0 Å². The van der Waals surface area contributed by atoms with Crippen LogP contribution in [0.25, 0.3) is 44.4 Å². The summed E-state index contributed by atoms with van der Waals surface area (Å²) >= 11 is 0. The van der Waals surface area contributed by atoms with E-state index in [-0.39, 0.29) is 57.9 Å². The Morgan fingerprint density at radius 3 is 1.61 bits per heavy atom. The van der Waals surface area contributed by atoms with Crippen molar-refractivity contribution in [1.29, 1.82) is 0 Å². The Hall–Kier alpha value is -3.53. The smallest absolute Gasteiger partial charge is 1.00 e. The Balaban J connectivity index is 0.00000264. The minimum atomic E-state index is -1.12. The van der Waals surface area contributed by atoms with E-state index in [1.807, 2.05) is 32.0 Å². The first kappa shape index (κ1) is 35.0. The maximum Gasteiger partial charge on any atom is 3.00 e. The van der Waals surface area contributed by atoms with Gasteiger partial charge in [-0.1, -0.05) is 13.8 Å². The molecule has 3 aromatic heterocycles. The number of nitrogens with zero attached hydrogens (tertiary/aromatic N) is 2. The van der Waals surface area contributed by atoms with Crippen LogP contribution in [0.4, 0.5) is 0 Å². The van der Waals surface area contributed by atoms with E-state index in [4.69, 9.17) is 9.97 Å². The van der Waals surface area contributed by atoms with E-state index < -0.39 is 11.9 Å². The SMILES string of the molecule is CCC1=C(C)c2cc3[nH]c(cc4nc(cc5[nH]c(cc1n2)c(C)c5CCC(=O)[O-])C(CCC(=O)[O-])=C4C)c(C)c3CC.[Cl-].[Ga+3]. The van der Waals surface area contributed by atoms with Crippen molar-refractivity contribution in [3.05, 3.63) is 69.3 Å². The van der Waals surface area contributed by atoms with Crippen LogP contribution in [0, 0.1) is 13.8 Å². The number of carbonyl (C=O) groups excluding carboxylic acids is 2. The first-order valence-corrected chi connectivity index (χ1v) is 14.6. The molecule has 226 valence electrons. The van der Waals surface area contributed by atoms with Gasteiger partial charge in [-0.15, -0.1) is 0 Å². The predicted octanol–water partition coefficient (Wildman–Crippen LogP) is 1.60. The second-order valence-corrected chi connectivity index (χ2v) is 11.1. The summed E-state index contributed by atoms with van der Waals surface area (Å²) in [6.45, 7) is 12.4. The molecule has 44 heavy (non-hydrogen) atoms. The van der Waals surface area contributed by atoms with Crippen molar-refractivity contribution < 1.29 is 32.2 Å². The van der Waals surface area contributed by atoms with Gasteiger partial charge in [0.25, 0.3) is 0 Å². The number of aromatic amines is 2. The van der Waals surface area contributed by atoms with Crippen molar-refractivity contribution in [2.24, 2.45) is 0 Å². The third-order valence-electron chi connectivity index (χ3n) is 8.67. The quantitative estimate of drug-likeness (QED) is 0.350. The van der Waals surface area contributed by atoms with Crippen LogP contribution in [0.1, 0.15) is 98.4 Å². The van der Waals surface area contributed by atoms with Crippen molar-refractivity contribution >= 4 is 76.1 Å². The van der Waals surface area contributed by atoms with E-state index in [0.717, 1.165) is 91.0 Å². The molecule has 3 aromatic rings. The maximum atomic E-state index is 11.4. The van der Waals surface area contributed by atoms with Gasteiger partial charge in [-0.05, 0) is 135 Å². The summed E-state index contributed by atoms with van der Waals surface area (Å²) in [5, 5.41) is 22.8. The molecule has 0 saturated carbocycles. The van der Waals surface area contributed by atoms with Gasteiger partial charge in [-0.3, -0.25) is 0 Å². The van der Waals surface area contributed by atoms with Gasteiger partial charge in [0.2, 0.25) is 0 Å². The fourth-order valence-electron chi connectivity index (χ4n) is 6.21. The van der Waals surface area contributed by atoms with E-state index in [9.17, 15) is 19.8 Å². The molecule has 0 spiro atoms. The maximum absolute atomic E-state index is 11.4.